The smallest absolute Gasteiger partial charge is 0.490 e. The minimum Gasteiger partial charge on any atom is -0.490 e. The largest absolute Gasteiger partial charge is 0.490 e. The van der Waals surface area contributed by atoms with Crippen molar-refractivity contribution in [2.75, 3.05) is 31.2 Å². The van der Waals surface area contributed by atoms with E-state index in [1.807, 2.05) is 41.8 Å². The first kappa shape index (κ1) is 38.9. The van der Waals surface area contributed by atoms with Crippen molar-refractivity contribution >= 4 is 52.5 Å². The Kier molecular flexibility index (Phi) is 13.6. The molecule has 0 radical (unpaired) electrons. The average Bonchev–Trinajstić information content (AvgIpc) is 3.82. The molecule has 4 aromatic rings. The number of esters is 1. The molecule has 0 bridgehead atoms. The van der Waals surface area contributed by atoms with Gasteiger partial charge in [0.2, 0.25) is 0 Å². The number of thioether (sulfide) groups is 1. The molecule has 1 fully saturated rings. The van der Waals surface area contributed by atoms with Gasteiger partial charge in [0.25, 0.3) is 0 Å². The summed E-state index contributed by atoms with van der Waals surface area (Å²) in [5, 5.41) is 31.9. The topological polar surface area (TPSA) is 175 Å². The van der Waals surface area contributed by atoms with Crippen LogP contribution in [0.1, 0.15) is 36.6 Å². The Hall–Kier alpha value is -4.87. The number of carbonyl (C=O) groups excluding carboxylic acids is 1. The van der Waals surface area contributed by atoms with E-state index >= 15 is 0 Å². The zero-order valence-electron chi connectivity index (χ0n) is 26.9. The predicted molar refractivity (Wildman–Crippen MR) is 186 cm³/mol. The fourth-order valence-corrected chi connectivity index (χ4v) is 6.64. The van der Waals surface area contributed by atoms with Crippen LogP contribution in [-0.2, 0) is 20.1 Å². The van der Waals surface area contributed by atoms with Gasteiger partial charge in [-0.15, -0.1) is 11.3 Å². The maximum absolute atomic E-state index is 11.6. The molecule has 1 saturated heterocycles. The molecule has 1 aliphatic rings. The molecule has 1 atom stereocenters. The quantitative estimate of drug-likeness (QED) is 0.0906. The number of aliphatic carboxylic acids is 1. The van der Waals surface area contributed by atoms with E-state index in [-0.39, 0.29) is 13.2 Å². The summed E-state index contributed by atoms with van der Waals surface area (Å²) in [5.74, 6) is -1.58. The zero-order valence-corrected chi connectivity index (χ0v) is 29.3. The molecule has 5 rings (SSSR count). The van der Waals surface area contributed by atoms with E-state index in [1.54, 1.807) is 30.4 Å². The van der Waals surface area contributed by atoms with Crippen LogP contribution in [0.5, 0.6) is 5.75 Å². The van der Waals surface area contributed by atoms with Crippen molar-refractivity contribution in [3.05, 3.63) is 75.8 Å². The van der Waals surface area contributed by atoms with Gasteiger partial charge < -0.3 is 25.2 Å². The molecule has 0 unspecified atom stereocenters. The fraction of sp³-hybridized carbons (Fsp3) is 0.294. The minimum atomic E-state index is -5.08. The second kappa shape index (κ2) is 17.9. The van der Waals surface area contributed by atoms with Gasteiger partial charge in [-0.25, -0.2) is 14.8 Å². The number of hydrogen-bond donors (Lipinski definition) is 2. The number of nitriles is 2. The summed E-state index contributed by atoms with van der Waals surface area (Å²) in [6.45, 7) is 3.39. The number of hydrogen-bond acceptors (Lipinski definition) is 12. The third kappa shape index (κ3) is 10.6. The van der Waals surface area contributed by atoms with Gasteiger partial charge in [0, 0.05) is 40.4 Å². The molecule has 0 saturated carbocycles. The zero-order chi connectivity index (χ0) is 37.1. The number of aromatic nitrogens is 2. The monoisotopic (exact) mass is 758 g/mol. The van der Waals surface area contributed by atoms with Gasteiger partial charge in [0.1, 0.15) is 58.6 Å². The van der Waals surface area contributed by atoms with E-state index in [1.165, 1.54) is 11.8 Å². The molecule has 0 aliphatic carbocycles. The number of halogens is 4. The molecule has 2 aromatic heterocycles. The molecule has 3 N–H and O–H groups in total. The lowest BCUT2D eigenvalue weighted by Crippen LogP contribution is -2.29. The maximum Gasteiger partial charge on any atom is 0.490 e. The highest BCUT2D eigenvalue weighted by molar-refractivity contribution is 7.98. The van der Waals surface area contributed by atoms with Crippen LogP contribution in [0.15, 0.2) is 58.9 Å². The summed E-state index contributed by atoms with van der Waals surface area (Å²) in [6.07, 6.45) is -3.05. The lowest BCUT2D eigenvalue weighted by atomic mass is 9.96. The molecular weight excluding hydrogens is 729 g/mol. The van der Waals surface area contributed by atoms with E-state index in [0.29, 0.717) is 49.6 Å². The van der Waals surface area contributed by atoms with E-state index in [9.17, 15) is 28.5 Å². The van der Waals surface area contributed by atoms with Crippen molar-refractivity contribution in [3.63, 3.8) is 0 Å². The highest BCUT2D eigenvalue weighted by Gasteiger charge is 2.38. The summed E-state index contributed by atoms with van der Waals surface area (Å²) in [5.41, 5.74) is 9.35. The molecule has 11 nitrogen and oxygen atoms in total. The first-order valence-electron chi connectivity index (χ1n) is 15.2. The van der Waals surface area contributed by atoms with Gasteiger partial charge in [0.05, 0.1) is 11.3 Å². The number of nitrogens with two attached hydrogens (primary N) is 1. The van der Waals surface area contributed by atoms with E-state index in [0.717, 1.165) is 42.2 Å². The number of thiazole rings is 1. The average molecular weight is 759 g/mol. The number of benzene rings is 2. The van der Waals surface area contributed by atoms with Crippen LogP contribution in [0.25, 0.3) is 21.7 Å². The van der Waals surface area contributed by atoms with Crippen molar-refractivity contribution in [2.24, 2.45) is 5.73 Å². The summed E-state index contributed by atoms with van der Waals surface area (Å²) >= 11 is 9.02. The normalized spacial score (nSPS) is 13.0. The lowest BCUT2D eigenvalue weighted by molar-refractivity contribution is -0.192. The van der Waals surface area contributed by atoms with Crippen molar-refractivity contribution in [3.8, 4) is 39.6 Å². The number of anilines is 1. The van der Waals surface area contributed by atoms with Crippen LogP contribution in [0.4, 0.5) is 19.0 Å². The SMILES string of the molecule is C[C@H](N)C(=O)OCCOc1ccc(-c2c(C#N)c(SCc3csc(-c4ccc(Cl)cc4)n3)nc(N3CCCC3)c2C#N)cc1.O=C(O)C(F)(F)F. The summed E-state index contributed by atoms with van der Waals surface area (Å²) in [7, 11) is 0. The molecule has 2 aromatic carbocycles. The Bertz CT molecular complexity index is 1920. The van der Waals surface area contributed by atoms with E-state index < -0.39 is 24.2 Å². The minimum absolute atomic E-state index is 0.0730. The number of pyridine rings is 1. The van der Waals surface area contributed by atoms with E-state index in [4.69, 9.17) is 46.7 Å². The molecule has 51 heavy (non-hydrogen) atoms. The Balaban J connectivity index is 0.000000755. The van der Waals surface area contributed by atoms with Gasteiger partial charge >= 0.3 is 18.1 Å². The van der Waals surface area contributed by atoms with Crippen LogP contribution in [0.3, 0.4) is 0 Å². The third-order valence-electron chi connectivity index (χ3n) is 7.13. The summed E-state index contributed by atoms with van der Waals surface area (Å²) in [6, 6.07) is 18.7. The van der Waals surface area contributed by atoms with Gasteiger partial charge in [-0.2, -0.15) is 23.7 Å². The maximum atomic E-state index is 11.6. The second-order valence-corrected chi connectivity index (χ2v) is 13.1. The number of ether oxygens (including phenoxy) is 2. The second-order valence-electron chi connectivity index (χ2n) is 10.9. The van der Waals surface area contributed by atoms with E-state index in [2.05, 4.69) is 17.0 Å². The van der Waals surface area contributed by atoms with Gasteiger partial charge in [-0.05, 0) is 49.6 Å². The van der Waals surface area contributed by atoms with Crippen molar-refractivity contribution in [2.45, 2.75) is 42.8 Å². The number of nitrogens with zero attached hydrogens (tertiary/aromatic N) is 5. The molecule has 0 spiro atoms. The molecule has 1 aliphatic heterocycles. The molecule has 266 valence electrons. The number of rotatable bonds is 11. The van der Waals surface area contributed by atoms with Crippen LogP contribution in [0.2, 0.25) is 5.02 Å². The first-order valence-corrected chi connectivity index (χ1v) is 17.5. The standard InChI is InChI=1S/C32H29ClN6O3S2.C2HF3O2/c1-20(36)32(40)42-15-14-41-25-10-6-21(7-11-25)28-26(16-34)29(39-12-2-3-13-39)38-31(27(28)17-35)44-19-24-18-43-30(37-24)22-4-8-23(33)9-5-22;3-2(4,5)1(6)7/h4-11,18,20H,2-3,12-15,19,36H2,1H3;(H,6,7)/t20-;/m0./s1. The van der Waals surface area contributed by atoms with Crippen molar-refractivity contribution < 1.29 is 37.3 Å². The molecule has 3 heterocycles. The number of alkyl halides is 3. The molecule has 17 heteroatoms. The summed E-state index contributed by atoms with van der Waals surface area (Å²) in [4.78, 5) is 32.3. The summed E-state index contributed by atoms with van der Waals surface area (Å²) < 4.78 is 42.5. The van der Waals surface area contributed by atoms with Crippen molar-refractivity contribution in [1.82, 2.24) is 9.97 Å². The molecule has 0 amide bonds. The van der Waals surface area contributed by atoms with Crippen molar-refractivity contribution in [1.29, 1.82) is 10.5 Å². The number of carbonyl (C=O) groups is 2. The highest BCUT2D eigenvalue weighted by atomic mass is 35.5. The van der Waals surface area contributed by atoms with Crippen LogP contribution < -0.4 is 15.4 Å². The van der Waals surface area contributed by atoms with Gasteiger partial charge in [0.15, 0.2) is 0 Å². The molecular formula is C34H30ClF3N6O5S2. The predicted octanol–water partition coefficient (Wildman–Crippen LogP) is 7.06. The highest BCUT2D eigenvalue weighted by Crippen LogP contribution is 2.40. The Morgan fingerprint density at radius 3 is 2.22 bits per heavy atom. The first-order chi connectivity index (χ1) is 24.3. The lowest BCUT2D eigenvalue weighted by Gasteiger charge is -2.22. The van der Waals surface area contributed by atoms with Crippen LogP contribution in [-0.4, -0.2) is 65.5 Å². The number of carboxylic acid groups (broad SMARTS) is 1. The Labute approximate surface area is 304 Å². The van der Waals surface area contributed by atoms with Crippen LogP contribution in [0, 0.1) is 22.7 Å². The Morgan fingerprint density at radius 2 is 1.65 bits per heavy atom. The third-order valence-corrected chi connectivity index (χ3v) is 9.33. The number of carboxylic acids is 1. The van der Waals surface area contributed by atoms with Crippen LogP contribution >= 0.6 is 34.7 Å². The van der Waals surface area contributed by atoms with Gasteiger partial charge in [-0.1, -0.05) is 47.6 Å². The fourth-order valence-electron chi connectivity index (χ4n) is 4.70. The van der Waals surface area contributed by atoms with Gasteiger partial charge in [-0.3, -0.25) is 4.79 Å². The Morgan fingerprint density at radius 1 is 1.04 bits per heavy atom.